The molecule has 1 aromatic carbocycles. The Labute approximate surface area is 113 Å². The van der Waals surface area contributed by atoms with Gasteiger partial charge >= 0.3 is 5.97 Å². The summed E-state index contributed by atoms with van der Waals surface area (Å²) in [7, 11) is 1.89. The highest BCUT2D eigenvalue weighted by Gasteiger charge is 2.11. The maximum absolute atomic E-state index is 10.8. The number of rotatable bonds is 4. The van der Waals surface area contributed by atoms with Crippen LogP contribution in [0.4, 0.5) is 5.69 Å². The van der Waals surface area contributed by atoms with E-state index < -0.39 is 5.97 Å². The number of hydrogen-bond acceptors (Lipinski definition) is 4. The molecule has 0 aliphatic rings. The monoisotopic (exact) mass is 282 g/mol. The third kappa shape index (κ3) is 2.80. The number of carbonyl (C=O) groups is 1. The first-order valence-electron chi connectivity index (χ1n) is 5.19. The van der Waals surface area contributed by atoms with E-state index in [9.17, 15) is 4.79 Å². The average Bonchev–Trinajstić information content (AvgIpc) is 2.81. The zero-order valence-electron chi connectivity index (χ0n) is 9.63. The van der Waals surface area contributed by atoms with E-state index in [1.807, 2.05) is 17.3 Å². The van der Waals surface area contributed by atoms with Gasteiger partial charge in [0.1, 0.15) is 0 Å². The van der Waals surface area contributed by atoms with Gasteiger partial charge in [-0.25, -0.2) is 9.78 Å². The fraction of sp³-hybridized carbons (Fsp3) is 0.167. The normalized spacial score (nSPS) is 10.3. The van der Waals surface area contributed by atoms with Crippen LogP contribution >= 0.6 is 22.9 Å². The number of carboxylic acid groups (broad SMARTS) is 1. The van der Waals surface area contributed by atoms with Crippen molar-refractivity contribution in [1.82, 2.24) is 4.98 Å². The molecule has 18 heavy (non-hydrogen) atoms. The Morgan fingerprint density at radius 2 is 2.33 bits per heavy atom. The Kier molecular flexibility index (Phi) is 3.84. The molecule has 1 N–H and O–H groups in total. The number of benzene rings is 1. The molecule has 0 spiro atoms. The van der Waals surface area contributed by atoms with Crippen molar-refractivity contribution < 1.29 is 9.90 Å². The first-order chi connectivity index (χ1) is 8.58. The van der Waals surface area contributed by atoms with Crippen LogP contribution in [-0.2, 0) is 6.54 Å². The number of nitrogens with zero attached hydrogens (tertiary/aromatic N) is 2. The molecule has 0 atom stereocenters. The summed E-state index contributed by atoms with van der Waals surface area (Å²) in [6.45, 7) is 0.635. The third-order valence-electron chi connectivity index (χ3n) is 2.49. The summed E-state index contributed by atoms with van der Waals surface area (Å²) in [6.07, 6.45) is 0. The number of aromatic carboxylic acids is 1. The van der Waals surface area contributed by atoms with Crippen LogP contribution in [0.15, 0.2) is 29.1 Å². The number of carboxylic acids is 1. The van der Waals surface area contributed by atoms with Gasteiger partial charge < -0.3 is 10.0 Å². The molecule has 0 unspecified atom stereocenters. The molecule has 6 heteroatoms. The van der Waals surface area contributed by atoms with E-state index in [1.165, 1.54) is 17.4 Å². The molecular weight excluding hydrogens is 272 g/mol. The fourth-order valence-corrected chi connectivity index (χ4v) is 2.47. The Morgan fingerprint density at radius 3 is 2.89 bits per heavy atom. The molecule has 0 bridgehead atoms. The van der Waals surface area contributed by atoms with Crippen LogP contribution in [0.3, 0.4) is 0 Å². The van der Waals surface area contributed by atoms with Crippen molar-refractivity contribution in [3.8, 4) is 0 Å². The van der Waals surface area contributed by atoms with Crippen LogP contribution in [0.2, 0.25) is 5.02 Å². The molecule has 0 fully saturated rings. The topological polar surface area (TPSA) is 53.4 Å². The largest absolute Gasteiger partial charge is 0.478 e. The molecule has 2 aromatic rings. The van der Waals surface area contributed by atoms with Gasteiger partial charge in [0, 0.05) is 12.4 Å². The van der Waals surface area contributed by atoms with Crippen molar-refractivity contribution in [2.45, 2.75) is 6.54 Å². The summed E-state index contributed by atoms with van der Waals surface area (Å²) in [5.41, 5.74) is 3.71. The number of aromatic nitrogens is 1. The zero-order chi connectivity index (χ0) is 13.1. The van der Waals surface area contributed by atoms with Crippen molar-refractivity contribution in [3.05, 3.63) is 45.4 Å². The van der Waals surface area contributed by atoms with Gasteiger partial charge in [0.05, 0.1) is 34.0 Å². The molecule has 4 nitrogen and oxygen atoms in total. The van der Waals surface area contributed by atoms with Crippen LogP contribution in [0.5, 0.6) is 0 Å². The lowest BCUT2D eigenvalue weighted by atomic mass is 10.2. The van der Waals surface area contributed by atoms with Gasteiger partial charge in [0.25, 0.3) is 0 Å². The van der Waals surface area contributed by atoms with Gasteiger partial charge in [0.2, 0.25) is 0 Å². The summed E-state index contributed by atoms with van der Waals surface area (Å²) < 4.78 is 0. The van der Waals surface area contributed by atoms with Crippen molar-refractivity contribution in [1.29, 1.82) is 0 Å². The second kappa shape index (κ2) is 5.37. The molecule has 0 saturated carbocycles. The second-order valence-electron chi connectivity index (χ2n) is 3.81. The molecule has 2 rings (SSSR count). The standard InChI is InChI=1S/C12H11ClN2O2S/c1-15(5-9-6-18-7-14-9)11-3-2-8(12(16)17)4-10(11)13/h2-4,6-7H,5H2,1H3,(H,16,17). The Hall–Kier alpha value is -1.59. The Morgan fingerprint density at radius 1 is 1.56 bits per heavy atom. The highest BCUT2D eigenvalue weighted by Crippen LogP contribution is 2.27. The van der Waals surface area contributed by atoms with Crippen molar-refractivity contribution >= 4 is 34.6 Å². The van der Waals surface area contributed by atoms with Crippen molar-refractivity contribution in [3.63, 3.8) is 0 Å². The molecule has 0 amide bonds. The van der Waals surface area contributed by atoms with E-state index >= 15 is 0 Å². The van der Waals surface area contributed by atoms with Crippen molar-refractivity contribution in [2.75, 3.05) is 11.9 Å². The number of anilines is 1. The quantitative estimate of drug-likeness (QED) is 0.936. The van der Waals surface area contributed by atoms with E-state index in [2.05, 4.69) is 4.98 Å². The lowest BCUT2D eigenvalue weighted by molar-refractivity contribution is 0.0697. The van der Waals surface area contributed by atoms with Gasteiger partial charge in [0.15, 0.2) is 0 Å². The van der Waals surface area contributed by atoms with Gasteiger partial charge in [-0.2, -0.15) is 0 Å². The maximum atomic E-state index is 10.8. The van der Waals surface area contributed by atoms with E-state index in [4.69, 9.17) is 16.7 Å². The van der Waals surface area contributed by atoms with E-state index in [0.717, 1.165) is 11.4 Å². The van der Waals surface area contributed by atoms with E-state index in [-0.39, 0.29) is 5.56 Å². The van der Waals surface area contributed by atoms with E-state index in [0.29, 0.717) is 11.6 Å². The molecule has 0 radical (unpaired) electrons. The molecule has 94 valence electrons. The van der Waals surface area contributed by atoms with Gasteiger partial charge in [-0.1, -0.05) is 11.6 Å². The predicted octanol–water partition coefficient (Wildman–Crippen LogP) is 3.13. The first kappa shape index (κ1) is 12.9. The second-order valence-corrected chi connectivity index (χ2v) is 4.93. The summed E-state index contributed by atoms with van der Waals surface area (Å²) in [6, 6.07) is 4.70. The zero-order valence-corrected chi connectivity index (χ0v) is 11.2. The minimum atomic E-state index is -0.981. The molecule has 0 aliphatic carbocycles. The third-order valence-corrected chi connectivity index (χ3v) is 3.43. The average molecular weight is 283 g/mol. The molecule has 1 aromatic heterocycles. The van der Waals surface area contributed by atoms with E-state index in [1.54, 1.807) is 17.6 Å². The molecule has 1 heterocycles. The Bertz CT molecular complexity index is 557. The van der Waals surface area contributed by atoms with Crippen LogP contribution in [0.25, 0.3) is 0 Å². The summed E-state index contributed by atoms with van der Waals surface area (Å²) >= 11 is 7.62. The SMILES string of the molecule is CN(Cc1cscn1)c1ccc(C(=O)O)cc1Cl. The van der Waals surface area contributed by atoms with Crippen molar-refractivity contribution in [2.24, 2.45) is 0 Å². The molecule has 0 aliphatic heterocycles. The van der Waals surface area contributed by atoms with Crippen LogP contribution in [0.1, 0.15) is 16.1 Å². The van der Waals surface area contributed by atoms with Crippen LogP contribution in [-0.4, -0.2) is 23.1 Å². The number of hydrogen-bond donors (Lipinski definition) is 1. The van der Waals surface area contributed by atoms with Gasteiger partial charge in [-0.3, -0.25) is 0 Å². The van der Waals surface area contributed by atoms with Crippen LogP contribution < -0.4 is 4.90 Å². The molecule has 0 saturated heterocycles. The minimum Gasteiger partial charge on any atom is -0.478 e. The number of halogens is 1. The smallest absolute Gasteiger partial charge is 0.335 e. The predicted molar refractivity (Wildman–Crippen MR) is 72.6 cm³/mol. The fourth-order valence-electron chi connectivity index (χ4n) is 1.59. The van der Waals surface area contributed by atoms with Crippen LogP contribution in [0, 0.1) is 0 Å². The Balaban J connectivity index is 2.20. The van der Waals surface area contributed by atoms with Gasteiger partial charge in [-0.05, 0) is 18.2 Å². The lowest BCUT2D eigenvalue weighted by Gasteiger charge is -2.19. The number of thiazole rings is 1. The molecular formula is C12H11ClN2O2S. The summed E-state index contributed by atoms with van der Waals surface area (Å²) in [5, 5.41) is 11.3. The van der Waals surface area contributed by atoms with Gasteiger partial charge in [-0.15, -0.1) is 11.3 Å². The lowest BCUT2D eigenvalue weighted by Crippen LogP contribution is -2.17. The first-order valence-corrected chi connectivity index (χ1v) is 6.51. The summed E-state index contributed by atoms with van der Waals surface area (Å²) in [4.78, 5) is 16.9. The minimum absolute atomic E-state index is 0.186. The highest BCUT2D eigenvalue weighted by molar-refractivity contribution is 7.07. The maximum Gasteiger partial charge on any atom is 0.335 e. The highest BCUT2D eigenvalue weighted by atomic mass is 35.5. The summed E-state index contributed by atoms with van der Waals surface area (Å²) in [5.74, 6) is -0.981.